The Morgan fingerprint density at radius 2 is 1.70 bits per heavy atom. The molecule has 0 saturated carbocycles. The van der Waals surface area contributed by atoms with Crippen molar-refractivity contribution >= 4 is 50.4 Å². The summed E-state index contributed by atoms with van der Waals surface area (Å²) in [5.74, 6) is -0.321. The van der Waals surface area contributed by atoms with E-state index in [0.29, 0.717) is 28.1 Å². The van der Waals surface area contributed by atoms with Gasteiger partial charge >= 0.3 is 6.09 Å². The third-order valence-electron chi connectivity index (χ3n) is 5.15. The lowest BCUT2D eigenvalue weighted by Gasteiger charge is -2.19. The molecule has 0 aliphatic heterocycles. The van der Waals surface area contributed by atoms with E-state index in [1.807, 2.05) is 0 Å². The van der Waals surface area contributed by atoms with Crippen molar-refractivity contribution in [2.75, 3.05) is 27.7 Å². The molecule has 1 unspecified atom stereocenters. The minimum atomic E-state index is -3.80. The molecule has 0 aliphatic rings. The molecule has 0 aliphatic carbocycles. The molecule has 212 valence electrons. The van der Waals surface area contributed by atoms with Gasteiger partial charge in [0.05, 0.1) is 53.8 Å². The number of nitrogens with zero attached hydrogens (tertiary/aromatic N) is 6. The molecular formula is C24H29N9O6S. The van der Waals surface area contributed by atoms with Crippen LogP contribution in [-0.2, 0) is 14.8 Å². The zero-order valence-corrected chi connectivity index (χ0v) is 22.8. The van der Waals surface area contributed by atoms with E-state index in [1.54, 1.807) is 62.1 Å². The first-order chi connectivity index (χ1) is 18.9. The number of carbonyl (C=O) groups excluding carboxylic acids is 1. The highest BCUT2D eigenvalue weighted by Crippen LogP contribution is 2.21. The van der Waals surface area contributed by atoms with Gasteiger partial charge in [-0.3, -0.25) is 10.0 Å². The van der Waals surface area contributed by atoms with Gasteiger partial charge < -0.3 is 20.3 Å². The minimum Gasteiger partial charge on any atom is -0.444 e. The van der Waals surface area contributed by atoms with E-state index in [1.165, 1.54) is 12.4 Å². The number of hydrogen-bond donors (Lipinski definition) is 5. The Bertz CT molecular complexity index is 1570. The molecule has 40 heavy (non-hydrogen) atoms. The van der Waals surface area contributed by atoms with Crippen LogP contribution < -0.4 is 15.4 Å². The molecule has 16 heteroatoms. The molecule has 0 spiro atoms. The number of benzene rings is 1. The summed E-state index contributed by atoms with van der Waals surface area (Å²) in [5, 5.41) is 28.9. The molecular weight excluding hydrogens is 542 g/mol. The second-order valence-electron chi connectivity index (χ2n) is 9.67. The number of anilines is 4. The summed E-state index contributed by atoms with van der Waals surface area (Å²) in [6.07, 6.45) is 4.11. The Kier molecular flexibility index (Phi) is 8.41. The van der Waals surface area contributed by atoms with Gasteiger partial charge in [0.2, 0.25) is 21.9 Å². The number of amides is 1. The third-order valence-corrected chi connectivity index (χ3v) is 6.42. The first-order valence-corrected chi connectivity index (χ1v) is 13.8. The second-order valence-corrected chi connectivity index (χ2v) is 11.5. The highest BCUT2D eigenvalue weighted by molar-refractivity contribution is 7.92. The molecule has 4 rings (SSSR count). The van der Waals surface area contributed by atoms with Gasteiger partial charge in [-0.2, -0.15) is 10.1 Å². The van der Waals surface area contributed by atoms with Crippen molar-refractivity contribution in [3.8, 4) is 5.69 Å². The monoisotopic (exact) mass is 571 g/mol. The zero-order valence-electron chi connectivity index (χ0n) is 21.9. The number of fused-ring (bicyclic) bond motifs is 1. The highest BCUT2D eigenvalue weighted by Gasteiger charge is 2.17. The van der Waals surface area contributed by atoms with Crippen LogP contribution in [-0.4, -0.2) is 78.5 Å². The van der Waals surface area contributed by atoms with Crippen molar-refractivity contribution in [3.63, 3.8) is 0 Å². The van der Waals surface area contributed by atoms with E-state index in [4.69, 9.17) is 9.84 Å². The Morgan fingerprint density at radius 3 is 2.35 bits per heavy atom. The molecule has 3 heterocycles. The average molecular weight is 572 g/mol. The highest BCUT2D eigenvalue weighted by atomic mass is 32.2. The lowest BCUT2D eigenvalue weighted by molar-refractivity contribution is 0.0636. The maximum Gasteiger partial charge on any atom is 0.412 e. The third kappa shape index (κ3) is 7.81. The van der Waals surface area contributed by atoms with Crippen LogP contribution in [0.2, 0.25) is 0 Å². The summed E-state index contributed by atoms with van der Waals surface area (Å²) in [6, 6.07) is 6.98. The second kappa shape index (κ2) is 11.8. The van der Waals surface area contributed by atoms with Crippen LogP contribution >= 0.6 is 0 Å². The zero-order chi connectivity index (χ0) is 28.9. The first-order valence-electron chi connectivity index (χ1n) is 12.1. The van der Waals surface area contributed by atoms with Crippen LogP contribution in [0.1, 0.15) is 27.2 Å². The summed E-state index contributed by atoms with van der Waals surface area (Å²) in [4.78, 5) is 28.8. The predicted molar refractivity (Wildman–Crippen MR) is 147 cm³/mol. The normalized spacial score (nSPS) is 12.6. The number of sulfonamides is 1. The van der Waals surface area contributed by atoms with E-state index in [0.717, 1.165) is 0 Å². The van der Waals surface area contributed by atoms with Crippen molar-refractivity contribution < 1.29 is 28.2 Å². The molecule has 5 N–H and O–H groups in total. The van der Waals surface area contributed by atoms with Crippen LogP contribution in [0.25, 0.3) is 16.7 Å². The van der Waals surface area contributed by atoms with Gasteiger partial charge in [-0.15, -0.1) is 0 Å². The summed E-state index contributed by atoms with van der Waals surface area (Å²) >= 11 is 0. The number of hydrogen-bond acceptors (Lipinski definition) is 12. The summed E-state index contributed by atoms with van der Waals surface area (Å²) in [6.45, 7) is 4.83. The summed E-state index contributed by atoms with van der Waals surface area (Å²) in [7, 11) is -3.80. The summed E-state index contributed by atoms with van der Waals surface area (Å²) < 4.78 is 33.3. The van der Waals surface area contributed by atoms with Gasteiger partial charge in [0, 0.05) is 11.9 Å². The van der Waals surface area contributed by atoms with Gasteiger partial charge in [0.1, 0.15) is 5.60 Å². The SMILES string of the molecule is CC(C)(C)OC(=O)Nc1ccc(-n2ncc3cnc(Nc4cnc(NS(=O)(=O)CCC(O)CO)nc4)nc32)cc1. The smallest absolute Gasteiger partial charge is 0.412 e. The van der Waals surface area contributed by atoms with Gasteiger partial charge in [0.15, 0.2) is 5.65 Å². The van der Waals surface area contributed by atoms with Crippen molar-refractivity contribution in [3.05, 3.63) is 49.1 Å². The number of nitrogens with one attached hydrogen (secondary N) is 3. The predicted octanol–water partition coefficient (Wildman–Crippen LogP) is 2.18. The van der Waals surface area contributed by atoms with E-state index >= 15 is 0 Å². The van der Waals surface area contributed by atoms with E-state index in [-0.39, 0.29) is 18.3 Å². The van der Waals surface area contributed by atoms with Crippen LogP contribution in [0.5, 0.6) is 0 Å². The fraction of sp³-hybridized carbons (Fsp3) is 0.333. The number of aliphatic hydroxyl groups is 2. The molecule has 0 radical (unpaired) electrons. The van der Waals surface area contributed by atoms with Gasteiger partial charge in [-0.05, 0) is 51.5 Å². The minimum absolute atomic E-state index is 0.130. The molecule has 1 atom stereocenters. The van der Waals surface area contributed by atoms with Gasteiger partial charge in [0.25, 0.3) is 0 Å². The maximum atomic E-state index is 12.1. The van der Waals surface area contributed by atoms with E-state index < -0.39 is 40.2 Å². The van der Waals surface area contributed by atoms with Crippen molar-refractivity contribution in [2.45, 2.75) is 38.9 Å². The summed E-state index contributed by atoms with van der Waals surface area (Å²) in [5.41, 5.74) is 1.56. The largest absolute Gasteiger partial charge is 0.444 e. The van der Waals surface area contributed by atoms with Crippen LogP contribution in [0, 0.1) is 0 Å². The topological polar surface area (TPSA) is 206 Å². The molecule has 0 bridgehead atoms. The fourth-order valence-electron chi connectivity index (χ4n) is 3.32. The van der Waals surface area contributed by atoms with Crippen LogP contribution in [0.4, 0.5) is 28.1 Å². The number of aliphatic hydroxyl groups excluding tert-OH is 2. The Morgan fingerprint density at radius 1 is 1.02 bits per heavy atom. The lowest BCUT2D eigenvalue weighted by atomic mass is 10.2. The standard InChI is InChI=1S/C24H29N9O6S/c1-24(2,3)39-23(36)30-16-4-6-18(7-5-16)33-20-15(11-28-33)10-25-22(31-20)29-17-12-26-21(27-13-17)32-40(37,38)9-8-19(35)14-34/h4-7,10-13,19,34-35H,8-9,14H2,1-3H3,(H,30,36)(H,25,29,31)(H,26,27,32). The fourth-order valence-corrected chi connectivity index (χ4v) is 4.39. The number of ether oxygens (including phenoxy) is 1. The van der Waals surface area contributed by atoms with Crippen LogP contribution in [0.15, 0.2) is 49.1 Å². The van der Waals surface area contributed by atoms with Crippen molar-refractivity contribution in [1.82, 2.24) is 29.7 Å². The number of carbonyl (C=O) groups is 1. The van der Waals surface area contributed by atoms with Crippen molar-refractivity contribution in [2.24, 2.45) is 0 Å². The molecule has 0 fully saturated rings. The molecule has 1 aromatic carbocycles. The van der Waals surface area contributed by atoms with Gasteiger partial charge in [-0.25, -0.2) is 32.8 Å². The number of rotatable bonds is 10. The first kappa shape index (κ1) is 28.6. The molecule has 4 aromatic rings. The number of aromatic nitrogens is 6. The van der Waals surface area contributed by atoms with Gasteiger partial charge in [-0.1, -0.05) is 0 Å². The van der Waals surface area contributed by atoms with E-state index in [9.17, 15) is 18.3 Å². The van der Waals surface area contributed by atoms with Crippen LogP contribution in [0.3, 0.4) is 0 Å². The lowest BCUT2D eigenvalue weighted by Crippen LogP contribution is -2.27. The molecule has 1 amide bonds. The Labute approximate surface area is 229 Å². The van der Waals surface area contributed by atoms with E-state index in [2.05, 4.69) is 40.4 Å². The quantitative estimate of drug-likeness (QED) is 0.186. The maximum absolute atomic E-state index is 12.1. The van der Waals surface area contributed by atoms with Crippen molar-refractivity contribution in [1.29, 1.82) is 0 Å². The molecule has 15 nitrogen and oxygen atoms in total. The molecule has 0 saturated heterocycles. The Hall–Kier alpha value is -4.41. The molecule has 3 aromatic heterocycles. The average Bonchev–Trinajstić information content (AvgIpc) is 3.31. The Balaban J connectivity index is 1.43.